The molecular formula is C22H40O5. The van der Waals surface area contributed by atoms with E-state index in [0.29, 0.717) is 13.0 Å². The summed E-state index contributed by atoms with van der Waals surface area (Å²) >= 11 is 0. The van der Waals surface area contributed by atoms with E-state index in [4.69, 9.17) is 19.3 Å². The maximum atomic E-state index is 10.6. The van der Waals surface area contributed by atoms with Crippen molar-refractivity contribution in [1.82, 2.24) is 0 Å². The zero-order valence-electron chi connectivity index (χ0n) is 18.1. The third kappa shape index (κ3) is 6.99. The number of rotatable bonds is 10. The van der Waals surface area contributed by atoms with E-state index in [-0.39, 0.29) is 12.5 Å². The van der Waals surface area contributed by atoms with Crippen LogP contribution >= 0.6 is 0 Å². The molecule has 5 nitrogen and oxygen atoms in total. The lowest BCUT2D eigenvalue weighted by molar-refractivity contribution is -0.236. The summed E-state index contributed by atoms with van der Waals surface area (Å²) in [6.45, 7) is 8.79. The minimum atomic E-state index is -0.627. The van der Waals surface area contributed by atoms with Crippen molar-refractivity contribution in [2.75, 3.05) is 27.4 Å². The van der Waals surface area contributed by atoms with Gasteiger partial charge in [0.1, 0.15) is 0 Å². The molecule has 0 saturated carbocycles. The summed E-state index contributed by atoms with van der Waals surface area (Å²) in [7, 11) is 3.40. The Balaban J connectivity index is 2.68. The Morgan fingerprint density at radius 3 is 2.59 bits per heavy atom. The van der Waals surface area contributed by atoms with Gasteiger partial charge in [0.05, 0.1) is 24.9 Å². The highest BCUT2D eigenvalue weighted by atomic mass is 16.7. The van der Waals surface area contributed by atoms with Crippen LogP contribution in [0.25, 0.3) is 0 Å². The molecule has 158 valence electrons. The SMILES string of the molecule is COC(CC=C(C)C)(OC)C(C)CCCC1(C)OC/C(=C/CO)CC[C@H]1O. The van der Waals surface area contributed by atoms with Crippen molar-refractivity contribution >= 4 is 0 Å². The first-order valence-electron chi connectivity index (χ1n) is 10.1. The Kier molecular flexibility index (Phi) is 10.2. The van der Waals surface area contributed by atoms with Crippen molar-refractivity contribution in [1.29, 1.82) is 0 Å². The largest absolute Gasteiger partial charge is 0.392 e. The van der Waals surface area contributed by atoms with Crippen LogP contribution in [0.4, 0.5) is 0 Å². The highest BCUT2D eigenvalue weighted by Gasteiger charge is 2.38. The fraction of sp³-hybridized carbons (Fsp3) is 0.818. The van der Waals surface area contributed by atoms with Crippen LogP contribution in [-0.2, 0) is 14.2 Å². The Hall–Kier alpha value is -0.720. The van der Waals surface area contributed by atoms with Gasteiger partial charge in [0.25, 0.3) is 0 Å². The first-order valence-corrected chi connectivity index (χ1v) is 10.1. The van der Waals surface area contributed by atoms with Crippen LogP contribution in [-0.4, -0.2) is 55.1 Å². The third-order valence-electron chi connectivity index (χ3n) is 5.96. The normalized spacial score (nSPS) is 26.7. The van der Waals surface area contributed by atoms with Crippen molar-refractivity contribution < 1.29 is 24.4 Å². The van der Waals surface area contributed by atoms with Crippen molar-refractivity contribution in [3.63, 3.8) is 0 Å². The number of hydrogen-bond acceptors (Lipinski definition) is 5. The molecule has 0 spiro atoms. The number of aliphatic hydroxyl groups excluding tert-OH is 2. The molecule has 0 aliphatic carbocycles. The zero-order valence-corrected chi connectivity index (χ0v) is 18.1. The second kappa shape index (κ2) is 11.3. The van der Waals surface area contributed by atoms with Crippen molar-refractivity contribution in [3.05, 3.63) is 23.3 Å². The average molecular weight is 385 g/mol. The van der Waals surface area contributed by atoms with Crippen LogP contribution in [0.15, 0.2) is 23.3 Å². The molecule has 1 aliphatic rings. The first kappa shape index (κ1) is 24.3. The van der Waals surface area contributed by atoms with Gasteiger partial charge < -0.3 is 24.4 Å². The second-order valence-electron chi connectivity index (χ2n) is 8.20. The summed E-state index contributed by atoms with van der Waals surface area (Å²) < 4.78 is 17.6. The number of hydrogen-bond donors (Lipinski definition) is 2. The smallest absolute Gasteiger partial charge is 0.173 e. The van der Waals surface area contributed by atoms with E-state index in [9.17, 15) is 5.11 Å². The van der Waals surface area contributed by atoms with Gasteiger partial charge in [0.15, 0.2) is 5.79 Å². The Morgan fingerprint density at radius 2 is 2.04 bits per heavy atom. The van der Waals surface area contributed by atoms with Gasteiger partial charge in [-0.2, -0.15) is 0 Å². The molecule has 1 rings (SSSR count). The van der Waals surface area contributed by atoms with Crippen LogP contribution in [0.3, 0.4) is 0 Å². The molecule has 2 unspecified atom stereocenters. The molecule has 2 N–H and O–H groups in total. The molecule has 1 saturated heterocycles. The molecule has 0 amide bonds. The van der Waals surface area contributed by atoms with Crippen LogP contribution in [0.2, 0.25) is 0 Å². The van der Waals surface area contributed by atoms with E-state index in [0.717, 1.165) is 37.7 Å². The summed E-state index contributed by atoms with van der Waals surface area (Å²) in [4.78, 5) is 0. The van der Waals surface area contributed by atoms with E-state index in [1.54, 1.807) is 20.3 Å². The minimum absolute atomic E-state index is 0.0187. The Bertz CT molecular complexity index is 491. The van der Waals surface area contributed by atoms with E-state index in [1.165, 1.54) is 5.57 Å². The van der Waals surface area contributed by atoms with E-state index >= 15 is 0 Å². The fourth-order valence-electron chi connectivity index (χ4n) is 3.76. The zero-order chi connectivity index (χ0) is 20.5. The van der Waals surface area contributed by atoms with E-state index in [2.05, 4.69) is 26.8 Å². The monoisotopic (exact) mass is 384 g/mol. The first-order chi connectivity index (χ1) is 12.7. The van der Waals surface area contributed by atoms with Gasteiger partial charge in [0.2, 0.25) is 0 Å². The number of aliphatic hydroxyl groups is 2. The summed E-state index contributed by atoms with van der Waals surface area (Å²) in [5, 5.41) is 19.7. The molecule has 27 heavy (non-hydrogen) atoms. The van der Waals surface area contributed by atoms with Crippen LogP contribution in [0.1, 0.15) is 66.2 Å². The molecule has 1 heterocycles. The molecule has 5 heteroatoms. The molecular weight excluding hydrogens is 344 g/mol. The third-order valence-corrected chi connectivity index (χ3v) is 5.96. The topological polar surface area (TPSA) is 68.2 Å². The molecule has 3 atom stereocenters. The molecule has 1 aliphatic heterocycles. The minimum Gasteiger partial charge on any atom is -0.392 e. The highest BCUT2D eigenvalue weighted by molar-refractivity contribution is 5.06. The average Bonchev–Trinajstić information content (AvgIpc) is 2.77. The lowest BCUT2D eigenvalue weighted by atomic mass is 9.86. The number of methoxy groups -OCH3 is 2. The highest BCUT2D eigenvalue weighted by Crippen LogP contribution is 2.35. The summed E-state index contributed by atoms with van der Waals surface area (Å²) in [5.74, 6) is -0.419. The second-order valence-corrected chi connectivity index (χ2v) is 8.20. The molecule has 0 radical (unpaired) electrons. The standard InChI is InChI=1S/C22H40O5/c1-17(2)11-14-22(25-5,26-6)18(3)8-7-13-21(4)20(24)10-9-19(12-15-23)16-27-21/h11-12,18,20,23-24H,7-10,13-16H2,1-6H3/b19-12+/t18?,20-,21?/m1/s1. The molecule has 0 aromatic heterocycles. The molecule has 0 aromatic carbocycles. The number of allylic oxidation sites excluding steroid dienone is 1. The van der Waals surface area contributed by atoms with Crippen LogP contribution in [0.5, 0.6) is 0 Å². The lowest BCUT2D eigenvalue weighted by Gasteiger charge is -2.37. The van der Waals surface area contributed by atoms with Crippen molar-refractivity contribution in [3.8, 4) is 0 Å². The van der Waals surface area contributed by atoms with E-state index < -0.39 is 17.5 Å². The summed E-state index contributed by atoms with van der Waals surface area (Å²) in [5.41, 5.74) is 1.75. The van der Waals surface area contributed by atoms with Gasteiger partial charge >= 0.3 is 0 Å². The molecule has 0 bridgehead atoms. The van der Waals surface area contributed by atoms with Gasteiger partial charge in [-0.05, 0) is 52.0 Å². The van der Waals surface area contributed by atoms with Gasteiger partial charge in [-0.1, -0.05) is 31.1 Å². The molecule has 1 fully saturated rings. The summed E-state index contributed by atoms with van der Waals surface area (Å²) in [6, 6.07) is 0. The van der Waals surface area contributed by atoms with Crippen LogP contribution < -0.4 is 0 Å². The van der Waals surface area contributed by atoms with Gasteiger partial charge in [-0.3, -0.25) is 0 Å². The maximum Gasteiger partial charge on any atom is 0.173 e. The summed E-state index contributed by atoms with van der Waals surface area (Å²) in [6.07, 6.45) is 8.20. The lowest BCUT2D eigenvalue weighted by Crippen LogP contribution is -2.42. The molecule has 0 aromatic rings. The van der Waals surface area contributed by atoms with Crippen LogP contribution in [0, 0.1) is 5.92 Å². The van der Waals surface area contributed by atoms with Gasteiger partial charge in [-0.25, -0.2) is 0 Å². The quantitative estimate of drug-likeness (QED) is 0.440. The predicted molar refractivity (Wildman–Crippen MR) is 109 cm³/mol. The maximum absolute atomic E-state index is 10.6. The Labute approximate surface area is 165 Å². The van der Waals surface area contributed by atoms with Gasteiger partial charge in [0, 0.05) is 26.6 Å². The van der Waals surface area contributed by atoms with Crippen molar-refractivity contribution in [2.45, 2.75) is 83.7 Å². The van der Waals surface area contributed by atoms with Crippen molar-refractivity contribution in [2.24, 2.45) is 5.92 Å². The fourth-order valence-corrected chi connectivity index (χ4v) is 3.76. The van der Waals surface area contributed by atoms with Gasteiger partial charge in [-0.15, -0.1) is 0 Å². The Morgan fingerprint density at radius 1 is 1.37 bits per heavy atom. The van der Waals surface area contributed by atoms with E-state index in [1.807, 2.05) is 6.92 Å². The predicted octanol–water partition coefficient (Wildman–Crippen LogP) is 3.99. The number of ether oxygens (including phenoxy) is 3.